The van der Waals surface area contributed by atoms with E-state index in [1.807, 2.05) is 0 Å². The third-order valence-corrected chi connectivity index (χ3v) is 2.71. The van der Waals surface area contributed by atoms with E-state index in [1.165, 1.54) is 26.4 Å². The minimum atomic E-state index is -2.11. The van der Waals surface area contributed by atoms with Gasteiger partial charge in [0.2, 0.25) is 6.17 Å². The summed E-state index contributed by atoms with van der Waals surface area (Å²) >= 11 is 0. The maximum absolute atomic E-state index is 13.9. The molecule has 20 heavy (non-hydrogen) atoms. The van der Waals surface area contributed by atoms with E-state index in [-0.39, 0.29) is 23.7 Å². The molecule has 0 saturated carbocycles. The van der Waals surface area contributed by atoms with Crippen LogP contribution in [0.2, 0.25) is 0 Å². The number of esters is 1. The van der Waals surface area contributed by atoms with Gasteiger partial charge in [0.05, 0.1) is 32.4 Å². The number of ether oxygens (including phenoxy) is 3. The van der Waals surface area contributed by atoms with E-state index in [0.29, 0.717) is 5.75 Å². The largest absolute Gasteiger partial charge is 0.507 e. The normalized spacial score (nSPS) is 13.4. The molecule has 112 valence electrons. The summed E-state index contributed by atoms with van der Waals surface area (Å²) in [6.45, 7) is 1.60. The van der Waals surface area contributed by atoms with Crippen molar-refractivity contribution >= 4 is 5.97 Å². The average molecular weight is 287 g/mol. The molecule has 0 spiro atoms. The fraction of sp³-hybridized carbons (Fsp3) is 0.462. The molecule has 0 radical (unpaired) electrons. The minimum absolute atomic E-state index is 0.0196. The quantitative estimate of drug-likeness (QED) is 0.767. The van der Waals surface area contributed by atoms with E-state index >= 15 is 0 Å². The van der Waals surface area contributed by atoms with Crippen LogP contribution in [0.15, 0.2) is 12.1 Å². The van der Waals surface area contributed by atoms with Gasteiger partial charge in [-0.15, -0.1) is 0 Å². The van der Waals surface area contributed by atoms with Crippen molar-refractivity contribution < 1.29 is 28.5 Å². The number of benzene rings is 1. The van der Waals surface area contributed by atoms with Gasteiger partial charge in [-0.3, -0.25) is 0 Å². The van der Waals surface area contributed by atoms with Crippen LogP contribution in [0.25, 0.3) is 0 Å². The van der Waals surface area contributed by atoms with Gasteiger partial charge in [0.25, 0.3) is 0 Å². The molecule has 0 aromatic heterocycles. The molecule has 0 fully saturated rings. The van der Waals surface area contributed by atoms with Crippen molar-refractivity contribution in [3.05, 3.63) is 17.7 Å². The molecular weight excluding hydrogens is 269 g/mol. The molecule has 0 amide bonds. The van der Waals surface area contributed by atoms with Crippen molar-refractivity contribution in [3.63, 3.8) is 0 Å². The van der Waals surface area contributed by atoms with E-state index in [0.717, 1.165) is 0 Å². The molecule has 0 saturated heterocycles. The number of methoxy groups -OCH3 is 2. The molecule has 0 aliphatic heterocycles. The van der Waals surface area contributed by atoms with Crippen molar-refractivity contribution in [2.24, 2.45) is 5.73 Å². The molecule has 1 rings (SSSR count). The minimum Gasteiger partial charge on any atom is -0.507 e. The standard InChI is InChI=1S/C13H18FNO5/c1-4-20-13(17)11(14)12(15)10-8(16)5-7(18-2)6-9(10)19-3/h5-6,11-12,16H,4,15H2,1-3H3/t11?,12-/m1/s1. The highest BCUT2D eigenvalue weighted by atomic mass is 19.1. The number of halogens is 1. The highest BCUT2D eigenvalue weighted by molar-refractivity contribution is 5.76. The Balaban J connectivity index is 3.14. The second kappa shape index (κ2) is 6.95. The van der Waals surface area contributed by atoms with Gasteiger partial charge < -0.3 is 25.1 Å². The van der Waals surface area contributed by atoms with Gasteiger partial charge in [0.1, 0.15) is 17.2 Å². The monoisotopic (exact) mass is 287 g/mol. The SMILES string of the molecule is CCOC(=O)C(F)[C@H](N)c1c(O)cc(OC)cc1OC. The highest BCUT2D eigenvalue weighted by Gasteiger charge is 2.32. The Labute approximate surface area is 116 Å². The second-order valence-electron chi connectivity index (χ2n) is 3.94. The highest BCUT2D eigenvalue weighted by Crippen LogP contribution is 2.38. The Bertz CT molecular complexity index is 480. The fourth-order valence-corrected chi connectivity index (χ4v) is 1.72. The zero-order valence-electron chi connectivity index (χ0n) is 11.6. The van der Waals surface area contributed by atoms with Crippen molar-refractivity contribution in [2.75, 3.05) is 20.8 Å². The van der Waals surface area contributed by atoms with Gasteiger partial charge in [-0.1, -0.05) is 0 Å². The number of nitrogens with two attached hydrogens (primary N) is 1. The fourth-order valence-electron chi connectivity index (χ4n) is 1.72. The maximum Gasteiger partial charge on any atom is 0.342 e. The first-order chi connectivity index (χ1) is 9.46. The molecule has 7 heteroatoms. The summed E-state index contributed by atoms with van der Waals surface area (Å²) in [4.78, 5) is 11.4. The smallest absolute Gasteiger partial charge is 0.342 e. The van der Waals surface area contributed by atoms with Gasteiger partial charge in [-0.05, 0) is 6.92 Å². The topological polar surface area (TPSA) is 91.0 Å². The summed E-state index contributed by atoms with van der Waals surface area (Å²) in [7, 11) is 2.74. The van der Waals surface area contributed by atoms with Crippen LogP contribution in [0.5, 0.6) is 17.2 Å². The predicted octanol–water partition coefficient (Wildman–Crippen LogP) is 1.31. The predicted molar refractivity (Wildman–Crippen MR) is 69.7 cm³/mol. The van der Waals surface area contributed by atoms with Gasteiger partial charge in [0, 0.05) is 12.1 Å². The Morgan fingerprint density at radius 2 is 2.05 bits per heavy atom. The summed E-state index contributed by atoms with van der Waals surface area (Å²) in [6.07, 6.45) is -2.11. The van der Waals surface area contributed by atoms with Gasteiger partial charge in [0.15, 0.2) is 0 Å². The first-order valence-electron chi connectivity index (χ1n) is 5.97. The van der Waals surface area contributed by atoms with E-state index in [4.69, 9.17) is 15.2 Å². The number of hydrogen-bond donors (Lipinski definition) is 2. The summed E-state index contributed by atoms with van der Waals surface area (Å²) < 4.78 is 28.5. The molecule has 0 aliphatic rings. The average Bonchev–Trinajstić information content (AvgIpc) is 2.44. The Hall–Kier alpha value is -2.02. The van der Waals surface area contributed by atoms with Gasteiger partial charge in [-0.25, -0.2) is 9.18 Å². The second-order valence-corrected chi connectivity index (χ2v) is 3.94. The number of carbonyl (C=O) groups is 1. The van der Waals surface area contributed by atoms with Gasteiger partial charge >= 0.3 is 5.97 Å². The first kappa shape index (κ1) is 16.0. The number of phenols is 1. The number of alkyl halides is 1. The zero-order chi connectivity index (χ0) is 15.3. The van der Waals surface area contributed by atoms with E-state index < -0.39 is 18.2 Å². The van der Waals surface area contributed by atoms with Crippen LogP contribution in [0.1, 0.15) is 18.5 Å². The number of rotatable bonds is 6. The lowest BCUT2D eigenvalue weighted by molar-refractivity contribution is -0.149. The molecule has 0 bridgehead atoms. The summed E-state index contributed by atoms with van der Waals surface area (Å²) in [5.74, 6) is -0.957. The Morgan fingerprint density at radius 1 is 1.40 bits per heavy atom. The van der Waals surface area contributed by atoms with Crippen LogP contribution in [0, 0.1) is 0 Å². The number of phenolic OH excluding ortho intramolecular Hbond substituents is 1. The lowest BCUT2D eigenvalue weighted by Crippen LogP contribution is -2.31. The van der Waals surface area contributed by atoms with Gasteiger partial charge in [-0.2, -0.15) is 0 Å². The molecule has 0 heterocycles. The summed E-state index contributed by atoms with van der Waals surface area (Å²) in [5.41, 5.74) is 5.66. The van der Waals surface area contributed by atoms with Crippen LogP contribution in [-0.2, 0) is 9.53 Å². The third-order valence-electron chi connectivity index (χ3n) is 2.71. The van der Waals surface area contributed by atoms with Crippen molar-refractivity contribution in [1.29, 1.82) is 0 Å². The zero-order valence-corrected chi connectivity index (χ0v) is 11.6. The molecule has 1 unspecified atom stereocenters. The molecule has 3 N–H and O–H groups in total. The Kier molecular flexibility index (Phi) is 5.57. The summed E-state index contributed by atoms with van der Waals surface area (Å²) in [5, 5.41) is 9.91. The van der Waals surface area contributed by atoms with Crippen LogP contribution in [0.3, 0.4) is 0 Å². The maximum atomic E-state index is 13.9. The third kappa shape index (κ3) is 3.30. The molecule has 6 nitrogen and oxygen atoms in total. The van der Waals surface area contributed by atoms with Crippen molar-refractivity contribution in [3.8, 4) is 17.2 Å². The van der Waals surface area contributed by atoms with Crippen molar-refractivity contribution in [2.45, 2.75) is 19.1 Å². The number of hydrogen-bond acceptors (Lipinski definition) is 6. The lowest BCUT2D eigenvalue weighted by atomic mass is 10.0. The Morgan fingerprint density at radius 3 is 2.55 bits per heavy atom. The van der Waals surface area contributed by atoms with Crippen LogP contribution >= 0.6 is 0 Å². The van der Waals surface area contributed by atoms with Crippen LogP contribution in [-0.4, -0.2) is 38.1 Å². The number of carbonyl (C=O) groups excluding carboxylic acids is 1. The van der Waals surface area contributed by atoms with E-state index in [9.17, 15) is 14.3 Å². The number of aromatic hydroxyl groups is 1. The first-order valence-corrected chi connectivity index (χ1v) is 5.97. The van der Waals surface area contributed by atoms with Crippen molar-refractivity contribution in [1.82, 2.24) is 0 Å². The van der Waals surface area contributed by atoms with E-state index in [2.05, 4.69) is 4.74 Å². The lowest BCUT2D eigenvalue weighted by Gasteiger charge is -2.20. The van der Waals surface area contributed by atoms with Crippen LogP contribution in [0.4, 0.5) is 4.39 Å². The summed E-state index contributed by atoms with van der Waals surface area (Å²) in [6, 6.07) is 1.29. The molecular formula is C13H18FNO5. The molecule has 2 atom stereocenters. The molecule has 1 aromatic carbocycles. The van der Waals surface area contributed by atoms with E-state index in [1.54, 1.807) is 6.92 Å². The molecule has 1 aromatic rings. The molecule has 0 aliphatic carbocycles. The van der Waals surface area contributed by atoms with Crippen LogP contribution < -0.4 is 15.2 Å².